The Balaban J connectivity index is 2.70. The molecule has 0 radical (unpaired) electrons. The molecule has 1 aromatic rings. The van der Waals surface area contributed by atoms with Crippen molar-refractivity contribution < 1.29 is 8.42 Å². The molecule has 1 N–H and O–H groups in total. The zero-order valence-electron chi connectivity index (χ0n) is 7.44. The van der Waals surface area contributed by atoms with Crippen molar-refractivity contribution in [1.82, 2.24) is 4.83 Å². The fourth-order valence-electron chi connectivity index (χ4n) is 0.784. The van der Waals surface area contributed by atoms with E-state index in [9.17, 15) is 8.42 Å². The van der Waals surface area contributed by atoms with Crippen molar-refractivity contribution >= 4 is 32.2 Å². The first-order chi connectivity index (χ1) is 6.47. The third kappa shape index (κ3) is 4.38. The van der Waals surface area contributed by atoms with E-state index in [2.05, 4.69) is 21.0 Å². The van der Waals surface area contributed by atoms with E-state index in [1.54, 1.807) is 0 Å². The van der Waals surface area contributed by atoms with Crippen molar-refractivity contribution in [3.05, 3.63) is 34.3 Å². The largest absolute Gasteiger partial charge is 0.244 e. The molecule has 0 heterocycles. The van der Waals surface area contributed by atoms with Crippen molar-refractivity contribution in [3.63, 3.8) is 0 Å². The van der Waals surface area contributed by atoms with Crippen LogP contribution < -0.4 is 4.83 Å². The molecule has 0 aliphatic heterocycles. The Hall–Kier alpha value is -0.880. The molecule has 1 aromatic carbocycles. The summed E-state index contributed by atoms with van der Waals surface area (Å²) in [7, 11) is -3.26. The number of nitrogens with one attached hydrogen (secondary N) is 1. The first-order valence-corrected chi connectivity index (χ1v) is 6.41. The van der Waals surface area contributed by atoms with Gasteiger partial charge in [0, 0.05) is 4.47 Å². The molecule has 14 heavy (non-hydrogen) atoms. The Morgan fingerprint density at radius 2 is 2.21 bits per heavy atom. The summed E-state index contributed by atoms with van der Waals surface area (Å²) in [5, 5.41) is 3.57. The number of nitrogens with zero attached hydrogens (tertiary/aromatic N) is 1. The number of sulfonamides is 1. The Kier molecular flexibility index (Phi) is 3.65. The first-order valence-electron chi connectivity index (χ1n) is 3.73. The molecule has 76 valence electrons. The second-order valence-corrected chi connectivity index (χ2v) is 5.32. The predicted octanol–water partition coefficient (Wildman–Crippen LogP) is 1.33. The minimum absolute atomic E-state index is 0.815. The van der Waals surface area contributed by atoms with Gasteiger partial charge in [0.1, 0.15) is 0 Å². The number of hydrogen-bond acceptors (Lipinski definition) is 3. The van der Waals surface area contributed by atoms with Crippen LogP contribution in [0.25, 0.3) is 0 Å². The van der Waals surface area contributed by atoms with E-state index < -0.39 is 10.0 Å². The van der Waals surface area contributed by atoms with Crippen molar-refractivity contribution in [2.24, 2.45) is 5.10 Å². The number of hydrogen-bond donors (Lipinski definition) is 1. The lowest BCUT2D eigenvalue weighted by atomic mass is 10.2. The molecule has 0 spiro atoms. The number of hydrazone groups is 1. The lowest BCUT2D eigenvalue weighted by molar-refractivity contribution is 0.591. The molecule has 6 heteroatoms. The van der Waals surface area contributed by atoms with Gasteiger partial charge in [0.05, 0.1) is 12.5 Å². The van der Waals surface area contributed by atoms with Crippen molar-refractivity contribution in [3.8, 4) is 0 Å². The molecule has 0 fully saturated rings. The normalized spacial score (nSPS) is 11.9. The summed E-state index contributed by atoms with van der Waals surface area (Å²) in [5.74, 6) is 0. The van der Waals surface area contributed by atoms with E-state index in [0.29, 0.717) is 0 Å². The van der Waals surface area contributed by atoms with Crippen LogP contribution in [0.15, 0.2) is 33.8 Å². The van der Waals surface area contributed by atoms with Crippen LogP contribution in [0, 0.1) is 0 Å². The first kappa shape index (κ1) is 11.2. The molecule has 0 unspecified atom stereocenters. The van der Waals surface area contributed by atoms with Crippen LogP contribution >= 0.6 is 15.9 Å². The quantitative estimate of drug-likeness (QED) is 0.669. The van der Waals surface area contributed by atoms with Crippen molar-refractivity contribution in [2.75, 3.05) is 6.26 Å². The van der Waals surface area contributed by atoms with Gasteiger partial charge in [-0.25, -0.2) is 13.2 Å². The smallest absolute Gasteiger partial charge is 0.206 e. The van der Waals surface area contributed by atoms with Crippen LogP contribution in [0.3, 0.4) is 0 Å². The van der Waals surface area contributed by atoms with E-state index in [1.807, 2.05) is 29.1 Å². The highest BCUT2D eigenvalue weighted by molar-refractivity contribution is 9.10. The molecule has 0 amide bonds. The highest BCUT2D eigenvalue weighted by Gasteiger charge is 1.94. The summed E-state index contributed by atoms with van der Waals surface area (Å²) in [5.41, 5.74) is 0.815. The van der Waals surface area contributed by atoms with Crippen molar-refractivity contribution in [1.29, 1.82) is 0 Å². The van der Waals surface area contributed by atoms with Gasteiger partial charge in [-0.15, -0.1) is 0 Å². The van der Waals surface area contributed by atoms with Gasteiger partial charge in [-0.1, -0.05) is 28.1 Å². The second-order valence-electron chi connectivity index (χ2n) is 2.68. The molecule has 0 aromatic heterocycles. The van der Waals surface area contributed by atoms with E-state index in [1.165, 1.54) is 6.21 Å². The number of rotatable bonds is 3. The lowest BCUT2D eigenvalue weighted by Crippen LogP contribution is -2.15. The summed E-state index contributed by atoms with van der Waals surface area (Å²) in [6.45, 7) is 0. The molecule has 0 atom stereocenters. The van der Waals surface area contributed by atoms with Gasteiger partial charge < -0.3 is 0 Å². The van der Waals surface area contributed by atoms with Gasteiger partial charge in [0.25, 0.3) is 0 Å². The second kappa shape index (κ2) is 4.56. The third-order valence-electron chi connectivity index (χ3n) is 1.28. The molecule has 1 rings (SSSR count). The van der Waals surface area contributed by atoms with E-state index in [-0.39, 0.29) is 0 Å². The zero-order valence-corrected chi connectivity index (χ0v) is 9.84. The van der Waals surface area contributed by atoms with E-state index >= 15 is 0 Å². The Morgan fingerprint density at radius 3 is 2.79 bits per heavy atom. The van der Waals surface area contributed by atoms with Crippen molar-refractivity contribution in [2.45, 2.75) is 0 Å². The van der Waals surface area contributed by atoms with Crippen LogP contribution in [0.2, 0.25) is 0 Å². The van der Waals surface area contributed by atoms with Crippen LogP contribution in [0.4, 0.5) is 0 Å². The predicted molar refractivity (Wildman–Crippen MR) is 59.7 cm³/mol. The molecular weight excluding hydrogens is 268 g/mol. The molecule has 0 aliphatic rings. The van der Waals surface area contributed by atoms with Gasteiger partial charge in [0.2, 0.25) is 10.0 Å². The molecule has 0 saturated heterocycles. The van der Waals surface area contributed by atoms with Gasteiger partial charge in [-0.2, -0.15) is 5.10 Å². The Labute approximate surface area is 91.2 Å². The molecule has 0 bridgehead atoms. The minimum atomic E-state index is -3.26. The van der Waals surface area contributed by atoms with Gasteiger partial charge in [-0.3, -0.25) is 0 Å². The van der Waals surface area contributed by atoms with E-state index in [0.717, 1.165) is 16.3 Å². The molecule has 0 aliphatic carbocycles. The highest BCUT2D eigenvalue weighted by atomic mass is 79.9. The van der Waals surface area contributed by atoms with Gasteiger partial charge in [-0.05, 0) is 17.7 Å². The summed E-state index contributed by atoms with van der Waals surface area (Å²) < 4.78 is 22.2. The third-order valence-corrected chi connectivity index (χ3v) is 2.21. The standard InChI is InChI=1S/C8H9BrN2O2S/c1-14(12,13)11-10-6-7-3-2-4-8(9)5-7/h2-6,11H,1H3. The van der Waals surface area contributed by atoms with Crippen LogP contribution in [0.5, 0.6) is 0 Å². The monoisotopic (exact) mass is 276 g/mol. The maximum Gasteiger partial charge on any atom is 0.244 e. The summed E-state index contributed by atoms with van der Waals surface area (Å²) >= 11 is 3.29. The van der Waals surface area contributed by atoms with Gasteiger partial charge >= 0.3 is 0 Å². The summed E-state index contributed by atoms with van der Waals surface area (Å²) in [6.07, 6.45) is 2.48. The van der Waals surface area contributed by atoms with Gasteiger partial charge in [0.15, 0.2) is 0 Å². The topological polar surface area (TPSA) is 58.5 Å². The van der Waals surface area contributed by atoms with E-state index in [4.69, 9.17) is 0 Å². The van der Waals surface area contributed by atoms with Crippen LogP contribution in [0.1, 0.15) is 5.56 Å². The number of halogens is 1. The zero-order chi connectivity index (χ0) is 10.6. The SMILES string of the molecule is CS(=O)(=O)NN=Cc1cccc(Br)c1. The fourth-order valence-corrected chi connectivity index (χ4v) is 1.44. The average Bonchev–Trinajstić information content (AvgIpc) is 2.01. The summed E-state index contributed by atoms with van der Waals surface area (Å²) in [4.78, 5) is 2.02. The van der Waals surface area contributed by atoms with Crippen LogP contribution in [-0.2, 0) is 10.0 Å². The molecular formula is C8H9BrN2O2S. The maximum absolute atomic E-state index is 10.7. The molecule has 4 nitrogen and oxygen atoms in total. The lowest BCUT2D eigenvalue weighted by Gasteiger charge is -1.95. The molecule has 0 saturated carbocycles. The summed E-state index contributed by atoms with van der Waals surface area (Å²) in [6, 6.07) is 7.36. The fraction of sp³-hybridized carbons (Fsp3) is 0.125. The number of benzene rings is 1. The highest BCUT2D eigenvalue weighted by Crippen LogP contribution is 2.09. The average molecular weight is 277 g/mol. The minimum Gasteiger partial charge on any atom is -0.206 e. The Morgan fingerprint density at radius 1 is 1.50 bits per heavy atom. The maximum atomic E-state index is 10.7. The van der Waals surface area contributed by atoms with Crippen LogP contribution in [-0.4, -0.2) is 20.9 Å². The Bertz CT molecular complexity index is 442.